The Morgan fingerprint density at radius 3 is 2.15 bits per heavy atom. The van der Waals surface area contributed by atoms with Gasteiger partial charge in [0, 0.05) is 22.6 Å². The number of nitrogens with zero attached hydrogens (tertiary/aromatic N) is 4. The molecule has 9 nitrogen and oxygen atoms in total. The predicted molar refractivity (Wildman–Crippen MR) is 131 cm³/mol. The molecule has 4 rings (SSSR count). The second-order valence-corrected chi connectivity index (χ2v) is 7.71. The lowest BCUT2D eigenvalue weighted by atomic mass is 10.1. The molecule has 1 amide bonds. The molecule has 34 heavy (non-hydrogen) atoms. The van der Waals surface area contributed by atoms with Crippen molar-refractivity contribution >= 4 is 23.1 Å². The van der Waals surface area contributed by atoms with Crippen LogP contribution >= 0.6 is 0 Å². The minimum Gasteiger partial charge on any atom is -0.493 e. The van der Waals surface area contributed by atoms with Crippen LogP contribution < -0.4 is 20.1 Å². The summed E-state index contributed by atoms with van der Waals surface area (Å²) in [6.45, 7) is 6.02. The zero-order valence-electron chi connectivity index (χ0n) is 19.7. The zero-order valence-corrected chi connectivity index (χ0v) is 19.7. The number of carbonyl (C=O) groups excluding carboxylic acids is 1. The number of rotatable bonds is 7. The molecule has 2 heterocycles. The normalized spacial score (nSPS) is 10.6. The van der Waals surface area contributed by atoms with E-state index in [1.54, 1.807) is 42.1 Å². The molecule has 0 aliphatic carbocycles. The second kappa shape index (κ2) is 9.62. The fourth-order valence-corrected chi connectivity index (χ4v) is 3.41. The third-order valence-corrected chi connectivity index (χ3v) is 5.58. The van der Waals surface area contributed by atoms with Gasteiger partial charge in [0.1, 0.15) is 0 Å². The number of ether oxygens (including phenoxy) is 2. The van der Waals surface area contributed by atoms with E-state index in [0.717, 1.165) is 22.6 Å². The lowest BCUT2D eigenvalue weighted by Crippen LogP contribution is -2.12. The van der Waals surface area contributed by atoms with Crippen LogP contribution in [-0.4, -0.2) is 40.1 Å². The highest BCUT2D eigenvalue weighted by Crippen LogP contribution is 2.28. The molecule has 0 saturated heterocycles. The van der Waals surface area contributed by atoms with Crippen molar-refractivity contribution in [3.05, 3.63) is 77.1 Å². The highest BCUT2D eigenvalue weighted by molar-refractivity contribution is 6.04. The molecule has 9 heteroatoms. The van der Waals surface area contributed by atoms with Gasteiger partial charge >= 0.3 is 0 Å². The van der Waals surface area contributed by atoms with Crippen LogP contribution in [0.5, 0.6) is 11.5 Å². The molecule has 0 aliphatic rings. The highest BCUT2D eigenvalue weighted by Gasteiger charge is 2.12. The number of carbonyl (C=O) groups is 1. The monoisotopic (exact) mass is 458 g/mol. The van der Waals surface area contributed by atoms with Gasteiger partial charge in [-0.25, -0.2) is 4.68 Å². The van der Waals surface area contributed by atoms with Crippen molar-refractivity contribution in [1.29, 1.82) is 0 Å². The minimum absolute atomic E-state index is 0.248. The molecular formula is C25H26N6O3. The molecule has 0 unspecified atom stereocenters. The molecule has 0 aliphatic heterocycles. The van der Waals surface area contributed by atoms with Gasteiger partial charge in [-0.2, -0.15) is 5.10 Å². The van der Waals surface area contributed by atoms with Crippen molar-refractivity contribution in [2.75, 3.05) is 24.9 Å². The Hall–Kier alpha value is -4.40. The standard InChI is InChI=1S/C25H26N6O3/c1-15-16(2)30-31(17(15)3)24-13-12-23(28-29-24)26-19-7-9-20(10-8-19)27-25(32)18-6-11-21(33-4)22(14-18)34-5/h6-14H,1-5H3,(H,26,28)(H,27,32). The van der Waals surface area contributed by atoms with E-state index in [4.69, 9.17) is 9.47 Å². The number of methoxy groups -OCH3 is 2. The van der Waals surface area contributed by atoms with E-state index in [1.807, 2.05) is 45.0 Å². The molecule has 2 aromatic heterocycles. The van der Waals surface area contributed by atoms with Gasteiger partial charge < -0.3 is 20.1 Å². The molecule has 0 saturated carbocycles. The molecule has 0 fully saturated rings. The molecule has 0 radical (unpaired) electrons. The number of aryl methyl sites for hydroxylation is 1. The van der Waals surface area contributed by atoms with Gasteiger partial charge in [0.15, 0.2) is 23.1 Å². The summed E-state index contributed by atoms with van der Waals surface area (Å²) in [5.74, 6) is 2.07. The van der Waals surface area contributed by atoms with Crippen molar-refractivity contribution < 1.29 is 14.3 Å². The molecule has 174 valence electrons. The summed E-state index contributed by atoms with van der Waals surface area (Å²) in [4.78, 5) is 12.6. The largest absolute Gasteiger partial charge is 0.493 e. The molecule has 2 aromatic carbocycles. The third kappa shape index (κ3) is 4.68. The summed E-state index contributed by atoms with van der Waals surface area (Å²) in [5, 5.41) is 19.1. The maximum atomic E-state index is 12.6. The van der Waals surface area contributed by atoms with Crippen molar-refractivity contribution in [3.8, 4) is 17.3 Å². The highest BCUT2D eigenvalue weighted by atomic mass is 16.5. The van der Waals surface area contributed by atoms with E-state index in [9.17, 15) is 4.79 Å². The average Bonchev–Trinajstić information content (AvgIpc) is 3.12. The topological polar surface area (TPSA) is 103 Å². The van der Waals surface area contributed by atoms with Crippen LogP contribution in [0.4, 0.5) is 17.2 Å². The zero-order chi connectivity index (χ0) is 24.2. The van der Waals surface area contributed by atoms with Crippen LogP contribution in [0.3, 0.4) is 0 Å². The number of amides is 1. The molecule has 0 spiro atoms. The predicted octanol–water partition coefficient (Wildman–Crippen LogP) is 4.60. The maximum absolute atomic E-state index is 12.6. The number of benzene rings is 2. The molecular weight excluding hydrogens is 432 g/mol. The van der Waals surface area contributed by atoms with E-state index in [2.05, 4.69) is 25.9 Å². The van der Waals surface area contributed by atoms with Crippen LogP contribution in [0.15, 0.2) is 54.6 Å². The number of nitrogens with one attached hydrogen (secondary N) is 2. The number of aromatic nitrogens is 4. The first-order valence-corrected chi connectivity index (χ1v) is 10.7. The number of hydrogen-bond donors (Lipinski definition) is 2. The summed E-state index contributed by atoms with van der Waals surface area (Å²) < 4.78 is 12.3. The van der Waals surface area contributed by atoms with E-state index in [1.165, 1.54) is 7.11 Å². The second-order valence-electron chi connectivity index (χ2n) is 7.71. The summed E-state index contributed by atoms with van der Waals surface area (Å²) in [6, 6.07) is 16.1. The van der Waals surface area contributed by atoms with Crippen molar-refractivity contribution in [2.24, 2.45) is 0 Å². The lowest BCUT2D eigenvalue weighted by molar-refractivity contribution is 0.102. The quantitative estimate of drug-likeness (QED) is 0.417. The number of anilines is 3. The summed E-state index contributed by atoms with van der Waals surface area (Å²) in [5.41, 5.74) is 5.09. The number of hydrogen-bond acceptors (Lipinski definition) is 7. The van der Waals surface area contributed by atoms with Gasteiger partial charge in [-0.15, -0.1) is 10.2 Å². The van der Waals surface area contributed by atoms with Crippen LogP contribution in [0.1, 0.15) is 27.3 Å². The summed E-state index contributed by atoms with van der Waals surface area (Å²) >= 11 is 0. The van der Waals surface area contributed by atoms with Gasteiger partial charge in [-0.3, -0.25) is 4.79 Å². The van der Waals surface area contributed by atoms with E-state index in [0.29, 0.717) is 34.4 Å². The smallest absolute Gasteiger partial charge is 0.255 e. The van der Waals surface area contributed by atoms with Gasteiger partial charge in [-0.1, -0.05) is 0 Å². The molecule has 2 N–H and O–H groups in total. The van der Waals surface area contributed by atoms with E-state index in [-0.39, 0.29) is 5.91 Å². The van der Waals surface area contributed by atoms with Gasteiger partial charge in [0.25, 0.3) is 5.91 Å². The first-order valence-electron chi connectivity index (χ1n) is 10.7. The van der Waals surface area contributed by atoms with Crippen LogP contribution in [0.2, 0.25) is 0 Å². The Kier molecular flexibility index (Phi) is 6.44. The summed E-state index contributed by atoms with van der Waals surface area (Å²) in [7, 11) is 3.08. The van der Waals surface area contributed by atoms with Crippen molar-refractivity contribution in [2.45, 2.75) is 20.8 Å². The maximum Gasteiger partial charge on any atom is 0.255 e. The van der Waals surface area contributed by atoms with E-state index >= 15 is 0 Å². The fraction of sp³-hybridized carbons (Fsp3) is 0.200. The lowest BCUT2D eigenvalue weighted by Gasteiger charge is -2.11. The van der Waals surface area contributed by atoms with Gasteiger partial charge in [0.05, 0.1) is 19.9 Å². The fourth-order valence-electron chi connectivity index (χ4n) is 3.41. The Labute approximate surface area is 197 Å². The van der Waals surface area contributed by atoms with Crippen molar-refractivity contribution in [1.82, 2.24) is 20.0 Å². The Morgan fingerprint density at radius 1 is 0.853 bits per heavy atom. The first-order chi connectivity index (χ1) is 16.4. The summed E-state index contributed by atoms with van der Waals surface area (Å²) in [6.07, 6.45) is 0. The third-order valence-electron chi connectivity index (χ3n) is 5.58. The van der Waals surface area contributed by atoms with E-state index < -0.39 is 0 Å². The Bertz CT molecular complexity index is 1310. The van der Waals surface area contributed by atoms with Gasteiger partial charge in [-0.05, 0) is 80.9 Å². The Balaban J connectivity index is 1.41. The Morgan fingerprint density at radius 2 is 1.56 bits per heavy atom. The molecule has 4 aromatic rings. The van der Waals surface area contributed by atoms with Crippen LogP contribution in [0.25, 0.3) is 5.82 Å². The SMILES string of the molecule is COc1ccc(C(=O)Nc2ccc(Nc3ccc(-n4nc(C)c(C)c4C)nn3)cc2)cc1OC. The minimum atomic E-state index is -0.248. The van der Waals surface area contributed by atoms with Crippen LogP contribution in [-0.2, 0) is 0 Å². The molecule has 0 bridgehead atoms. The first kappa shape index (κ1) is 22.8. The van der Waals surface area contributed by atoms with Crippen molar-refractivity contribution in [3.63, 3.8) is 0 Å². The van der Waals surface area contributed by atoms with Gasteiger partial charge in [0.2, 0.25) is 0 Å². The van der Waals surface area contributed by atoms with Crippen LogP contribution in [0, 0.1) is 20.8 Å². The molecule has 0 atom stereocenters. The average molecular weight is 459 g/mol.